The molecule has 0 bridgehead atoms. The van der Waals surface area contributed by atoms with Crippen molar-refractivity contribution in [2.45, 2.75) is 12.1 Å². The fourth-order valence-electron chi connectivity index (χ4n) is 1.29. The van der Waals surface area contributed by atoms with E-state index in [1.54, 1.807) is 37.3 Å². The minimum absolute atomic E-state index is 0.0662. The van der Waals surface area contributed by atoms with Gasteiger partial charge in [0, 0.05) is 12.5 Å². The summed E-state index contributed by atoms with van der Waals surface area (Å²) in [6, 6.07) is 8.59. The van der Waals surface area contributed by atoms with Crippen LogP contribution in [0.25, 0.3) is 0 Å². The molecular weight excluding hydrogens is 280 g/mol. The van der Waals surface area contributed by atoms with E-state index < -0.39 is 0 Å². The van der Waals surface area contributed by atoms with Crippen molar-refractivity contribution in [2.24, 2.45) is 0 Å². The molecular formula is C12H12N4O3S. The van der Waals surface area contributed by atoms with E-state index in [-0.39, 0.29) is 17.6 Å². The summed E-state index contributed by atoms with van der Waals surface area (Å²) in [6.45, 7) is 1.66. The quantitative estimate of drug-likeness (QED) is 0.643. The fourth-order valence-corrected chi connectivity index (χ4v) is 1.89. The van der Waals surface area contributed by atoms with Gasteiger partial charge in [0.15, 0.2) is 0 Å². The zero-order valence-electron chi connectivity index (χ0n) is 10.6. The summed E-state index contributed by atoms with van der Waals surface area (Å²) in [5.74, 6) is -0.241. The van der Waals surface area contributed by atoms with Crippen molar-refractivity contribution >= 4 is 23.6 Å². The average molecular weight is 292 g/mol. The predicted molar refractivity (Wildman–Crippen MR) is 71.8 cm³/mol. The van der Waals surface area contributed by atoms with Crippen LogP contribution in [0.3, 0.4) is 0 Å². The second kappa shape index (κ2) is 6.71. The van der Waals surface area contributed by atoms with E-state index in [1.165, 1.54) is 0 Å². The molecule has 0 saturated heterocycles. The second-order valence-corrected chi connectivity index (χ2v) is 4.67. The number of rotatable bonds is 4. The highest BCUT2D eigenvalue weighted by Gasteiger charge is 2.09. The smallest absolute Gasteiger partial charge is 0.277 e. The van der Waals surface area contributed by atoms with Gasteiger partial charge in [0.2, 0.25) is 11.8 Å². The molecule has 20 heavy (non-hydrogen) atoms. The van der Waals surface area contributed by atoms with Crippen molar-refractivity contribution < 1.29 is 14.0 Å². The topological polar surface area (TPSA) is 97.1 Å². The first kappa shape index (κ1) is 14.1. The molecule has 0 aliphatic rings. The first-order valence-corrected chi connectivity index (χ1v) is 6.71. The number of thioether (sulfide) groups is 1. The van der Waals surface area contributed by atoms with Gasteiger partial charge in [-0.1, -0.05) is 30.0 Å². The van der Waals surface area contributed by atoms with Crippen LogP contribution in [-0.2, 0) is 4.79 Å². The van der Waals surface area contributed by atoms with Gasteiger partial charge in [-0.05, 0) is 12.1 Å². The van der Waals surface area contributed by atoms with Crippen molar-refractivity contribution in [3.63, 3.8) is 0 Å². The lowest BCUT2D eigenvalue weighted by Gasteiger charge is -2.06. The molecule has 104 valence electrons. The van der Waals surface area contributed by atoms with E-state index in [9.17, 15) is 9.59 Å². The summed E-state index contributed by atoms with van der Waals surface area (Å²) < 4.78 is 5.10. The van der Waals surface area contributed by atoms with Crippen molar-refractivity contribution in [2.75, 3.05) is 5.75 Å². The highest BCUT2D eigenvalue weighted by atomic mass is 32.2. The van der Waals surface area contributed by atoms with Gasteiger partial charge in [0.25, 0.3) is 11.1 Å². The minimum Gasteiger partial charge on any atom is -0.416 e. The third-order valence-corrected chi connectivity index (χ3v) is 3.00. The van der Waals surface area contributed by atoms with Crippen LogP contribution in [0.5, 0.6) is 0 Å². The fraction of sp³-hybridized carbons (Fsp3) is 0.167. The van der Waals surface area contributed by atoms with Gasteiger partial charge < -0.3 is 4.42 Å². The summed E-state index contributed by atoms with van der Waals surface area (Å²) in [5, 5.41) is 7.69. The zero-order valence-corrected chi connectivity index (χ0v) is 11.4. The van der Waals surface area contributed by atoms with Crippen LogP contribution in [0, 0.1) is 6.92 Å². The summed E-state index contributed by atoms with van der Waals surface area (Å²) in [7, 11) is 0. The molecule has 8 heteroatoms. The Bertz CT molecular complexity index is 600. The van der Waals surface area contributed by atoms with Gasteiger partial charge in [0.1, 0.15) is 0 Å². The first-order valence-electron chi connectivity index (χ1n) is 5.72. The highest BCUT2D eigenvalue weighted by Crippen LogP contribution is 2.14. The van der Waals surface area contributed by atoms with Gasteiger partial charge in [0.05, 0.1) is 5.75 Å². The van der Waals surface area contributed by atoms with Crippen LogP contribution in [0.1, 0.15) is 16.2 Å². The number of carbonyl (C=O) groups excluding carboxylic acids is 2. The lowest BCUT2D eigenvalue weighted by molar-refractivity contribution is -0.119. The number of nitrogens with zero attached hydrogens (tertiary/aromatic N) is 2. The Balaban J connectivity index is 1.74. The summed E-state index contributed by atoms with van der Waals surface area (Å²) in [5.41, 5.74) is 5.10. The maximum Gasteiger partial charge on any atom is 0.277 e. The maximum absolute atomic E-state index is 11.7. The molecule has 1 heterocycles. The summed E-state index contributed by atoms with van der Waals surface area (Å²) >= 11 is 1.09. The van der Waals surface area contributed by atoms with E-state index in [4.69, 9.17) is 4.42 Å². The largest absolute Gasteiger partial charge is 0.416 e. The molecule has 0 aliphatic heterocycles. The maximum atomic E-state index is 11.7. The molecule has 7 nitrogen and oxygen atoms in total. The van der Waals surface area contributed by atoms with Crippen LogP contribution in [-0.4, -0.2) is 27.8 Å². The molecule has 0 atom stereocenters. The third-order valence-electron chi connectivity index (χ3n) is 2.19. The van der Waals surface area contributed by atoms with Crippen LogP contribution in [0.2, 0.25) is 0 Å². The number of benzene rings is 1. The molecule has 0 unspecified atom stereocenters. The Hall–Kier alpha value is -2.35. The van der Waals surface area contributed by atoms with Gasteiger partial charge in [-0.2, -0.15) is 0 Å². The van der Waals surface area contributed by atoms with Gasteiger partial charge in [-0.3, -0.25) is 20.4 Å². The Morgan fingerprint density at radius 3 is 2.60 bits per heavy atom. The Morgan fingerprint density at radius 2 is 1.95 bits per heavy atom. The molecule has 2 amide bonds. The number of hydrazine groups is 1. The molecule has 1 aromatic carbocycles. The molecule has 0 spiro atoms. The normalized spacial score (nSPS) is 10.1. The number of carbonyl (C=O) groups is 2. The standard InChI is InChI=1S/C12H12N4O3S/c1-8-13-16-12(19-8)20-7-10(17)14-15-11(18)9-5-3-2-4-6-9/h2-6H,7H2,1H3,(H,14,17)(H,15,18). The number of hydrogen-bond donors (Lipinski definition) is 2. The highest BCUT2D eigenvalue weighted by molar-refractivity contribution is 7.99. The lowest BCUT2D eigenvalue weighted by atomic mass is 10.2. The van der Waals surface area contributed by atoms with Crippen molar-refractivity contribution in [1.82, 2.24) is 21.0 Å². The van der Waals surface area contributed by atoms with Crippen LogP contribution >= 0.6 is 11.8 Å². The molecule has 2 aromatic rings. The Morgan fingerprint density at radius 1 is 1.20 bits per heavy atom. The Kier molecular flexibility index (Phi) is 4.72. The molecule has 0 saturated carbocycles. The molecule has 0 fully saturated rings. The van der Waals surface area contributed by atoms with Gasteiger partial charge in [-0.25, -0.2) is 0 Å². The zero-order chi connectivity index (χ0) is 14.4. The second-order valence-electron chi connectivity index (χ2n) is 3.74. The number of nitrogens with one attached hydrogen (secondary N) is 2. The van der Waals surface area contributed by atoms with Crippen LogP contribution in [0.15, 0.2) is 40.0 Å². The molecule has 0 aliphatic carbocycles. The van der Waals surface area contributed by atoms with E-state index >= 15 is 0 Å². The van der Waals surface area contributed by atoms with Crippen molar-refractivity contribution in [3.05, 3.63) is 41.8 Å². The predicted octanol–water partition coefficient (Wildman–Crippen LogP) is 0.931. The van der Waals surface area contributed by atoms with Gasteiger partial charge in [-0.15, -0.1) is 10.2 Å². The molecule has 2 rings (SSSR count). The van der Waals surface area contributed by atoms with E-state index in [2.05, 4.69) is 21.0 Å². The summed E-state index contributed by atoms with van der Waals surface area (Å²) in [6.07, 6.45) is 0. The molecule has 2 N–H and O–H groups in total. The van der Waals surface area contributed by atoms with Crippen molar-refractivity contribution in [3.8, 4) is 0 Å². The SMILES string of the molecule is Cc1nnc(SCC(=O)NNC(=O)c2ccccc2)o1. The first-order chi connectivity index (χ1) is 9.65. The van der Waals surface area contributed by atoms with E-state index in [0.717, 1.165) is 11.8 Å². The monoisotopic (exact) mass is 292 g/mol. The minimum atomic E-state index is -0.377. The lowest BCUT2D eigenvalue weighted by Crippen LogP contribution is -2.42. The van der Waals surface area contributed by atoms with Crippen molar-refractivity contribution in [1.29, 1.82) is 0 Å². The van der Waals surface area contributed by atoms with E-state index in [1.807, 2.05) is 0 Å². The Labute approximate surface area is 119 Å². The number of aryl methyl sites for hydroxylation is 1. The summed E-state index contributed by atoms with van der Waals surface area (Å²) in [4.78, 5) is 23.2. The number of hydrogen-bond acceptors (Lipinski definition) is 6. The van der Waals surface area contributed by atoms with Gasteiger partial charge >= 0.3 is 0 Å². The average Bonchev–Trinajstić information content (AvgIpc) is 2.89. The third kappa shape index (κ3) is 4.09. The van der Waals surface area contributed by atoms with Crippen LogP contribution < -0.4 is 10.9 Å². The van der Waals surface area contributed by atoms with E-state index in [0.29, 0.717) is 16.7 Å². The number of aromatic nitrogens is 2. The van der Waals surface area contributed by atoms with Crippen LogP contribution in [0.4, 0.5) is 0 Å². The molecule has 1 aromatic heterocycles. The number of amides is 2. The molecule has 0 radical (unpaired) electrons.